The van der Waals surface area contributed by atoms with E-state index in [1.165, 1.54) is 0 Å². The highest BCUT2D eigenvalue weighted by Crippen LogP contribution is 2.01. The number of hydrogen-bond acceptors (Lipinski definition) is 2. The SMILES string of the molecule is C=CC1COCCCO1. The maximum absolute atomic E-state index is 5.31. The van der Waals surface area contributed by atoms with Crippen molar-refractivity contribution in [1.82, 2.24) is 0 Å². The molecule has 1 fully saturated rings. The van der Waals surface area contributed by atoms with Crippen molar-refractivity contribution in [3.05, 3.63) is 12.7 Å². The lowest BCUT2D eigenvalue weighted by Crippen LogP contribution is -2.13. The first-order valence-corrected chi connectivity index (χ1v) is 3.25. The summed E-state index contributed by atoms with van der Waals surface area (Å²) in [5.41, 5.74) is 0. The lowest BCUT2D eigenvalue weighted by atomic mass is 10.4. The molecule has 0 radical (unpaired) electrons. The van der Waals surface area contributed by atoms with Crippen LogP contribution in [0.1, 0.15) is 6.42 Å². The summed E-state index contributed by atoms with van der Waals surface area (Å²) < 4.78 is 10.5. The molecule has 1 aliphatic heterocycles. The summed E-state index contributed by atoms with van der Waals surface area (Å²) in [5.74, 6) is 0. The average Bonchev–Trinajstić information content (AvgIpc) is 2.13. The van der Waals surface area contributed by atoms with E-state index in [2.05, 4.69) is 6.58 Å². The molecule has 0 bridgehead atoms. The Labute approximate surface area is 55.5 Å². The van der Waals surface area contributed by atoms with Gasteiger partial charge in [0.15, 0.2) is 0 Å². The van der Waals surface area contributed by atoms with E-state index in [1.807, 2.05) is 0 Å². The fourth-order valence-corrected chi connectivity index (χ4v) is 0.779. The molecular formula is C7H12O2. The van der Waals surface area contributed by atoms with Crippen molar-refractivity contribution in [2.24, 2.45) is 0 Å². The van der Waals surface area contributed by atoms with Crippen molar-refractivity contribution in [2.45, 2.75) is 12.5 Å². The van der Waals surface area contributed by atoms with Gasteiger partial charge in [-0.05, 0) is 6.42 Å². The molecule has 2 heteroatoms. The normalized spacial score (nSPS) is 29.1. The molecule has 1 saturated heterocycles. The van der Waals surface area contributed by atoms with Crippen LogP contribution in [0.3, 0.4) is 0 Å². The number of rotatable bonds is 1. The van der Waals surface area contributed by atoms with Gasteiger partial charge in [-0.2, -0.15) is 0 Å². The fourth-order valence-electron chi connectivity index (χ4n) is 0.779. The maximum Gasteiger partial charge on any atom is 0.0986 e. The minimum atomic E-state index is 0.118. The van der Waals surface area contributed by atoms with Crippen molar-refractivity contribution >= 4 is 0 Å². The summed E-state index contributed by atoms with van der Waals surface area (Å²) in [6.45, 7) is 5.92. The molecule has 52 valence electrons. The van der Waals surface area contributed by atoms with Crippen LogP contribution in [0.25, 0.3) is 0 Å². The van der Waals surface area contributed by atoms with Gasteiger partial charge in [-0.25, -0.2) is 0 Å². The Kier molecular flexibility index (Phi) is 2.74. The molecule has 0 N–H and O–H groups in total. The Bertz CT molecular complexity index is 82.9. The van der Waals surface area contributed by atoms with Gasteiger partial charge in [0.05, 0.1) is 12.7 Å². The third-order valence-corrected chi connectivity index (χ3v) is 1.31. The summed E-state index contributed by atoms with van der Waals surface area (Å²) in [4.78, 5) is 0. The van der Waals surface area contributed by atoms with Gasteiger partial charge in [0.2, 0.25) is 0 Å². The van der Waals surface area contributed by atoms with Gasteiger partial charge in [0, 0.05) is 13.2 Å². The molecule has 9 heavy (non-hydrogen) atoms. The first-order valence-electron chi connectivity index (χ1n) is 3.25. The highest BCUT2D eigenvalue weighted by Gasteiger charge is 2.07. The third-order valence-electron chi connectivity index (χ3n) is 1.31. The van der Waals surface area contributed by atoms with Gasteiger partial charge in [0.25, 0.3) is 0 Å². The van der Waals surface area contributed by atoms with Crippen molar-refractivity contribution < 1.29 is 9.47 Å². The van der Waals surface area contributed by atoms with E-state index < -0.39 is 0 Å². The number of hydrogen-bond donors (Lipinski definition) is 0. The van der Waals surface area contributed by atoms with E-state index in [1.54, 1.807) is 6.08 Å². The first-order chi connectivity index (χ1) is 4.43. The molecule has 0 aromatic carbocycles. The Hall–Kier alpha value is -0.340. The largest absolute Gasteiger partial charge is 0.378 e. The van der Waals surface area contributed by atoms with Crippen LogP contribution >= 0.6 is 0 Å². The molecule has 1 heterocycles. The van der Waals surface area contributed by atoms with Gasteiger partial charge >= 0.3 is 0 Å². The smallest absolute Gasteiger partial charge is 0.0986 e. The molecule has 0 aromatic heterocycles. The molecular weight excluding hydrogens is 116 g/mol. The van der Waals surface area contributed by atoms with E-state index in [-0.39, 0.29) is 6.10 Å². The minimum Gasteiger partial charge on any atom is -0.378 e. The van der Waals surface area contributed by atoms with Crippen molar-refractivity contribution in [2.75, 3.05) is 19.8 Å². The monoisotopic (exact) mass is 128 g/mol. The summed E-state index contributed by atoms with van der Waals surface area (Å²) in [7, 11) is 0. The summed E-state index contributed by atoms with van der Waals surface area (Å²) in [6.07, 6.45) is 2.91. The van der Waals surface area contributed by atoms with E-state index >= 15 is 0 Å². The lowest BCUT2D eigenvalue weighted by molar-refractivity contribution is 0.0563. The lowest BCUT2D eigenvalue weighted by Gasteiger charge is -2.06. The maximum atomic E-state index is 5.31. The Morgan fingerprint density at radius 3 is 3.11 bits per heavy atom. The van der Waals surface area contributed by atoms with E-state index in [4.69, 9.17) is 9.47 Å². The van der Waals surface area contributed by atoms with Gasteiger partial charge < -0.3 is 9.47 Å². The van der Waals surface area contributed by atoms with Gasteiger partial charge in [-0.15, -0.1) is 6.58 Å². The van der Waals surface area contributed by atoms with Crippen LogP contribution in [-0.2, 0) is 9.47 Å². The quantitative estimate of drug-likeness (QED) is 0.490. The van der Waals surface area contributed by atoms with Crippen LogP contribution in [0.15, 0.2) is 12.7 Å². The Morgan fingerprint density at radius 1 is 1.44 bits per heavy atom. The average molecular weight is 128 g/mol. The van der Waals surface area contributed by atoms with E-state index in [0.717, 1.165) is 19.6 Å². The summed E-state index contributed by atoms with van der Waals surface area (Å²) in [5, 5.41) is 0. The van der Waals surface area contributed by atoms with Gasteiger partial charge in [-0.1, -0.05) is 6.08 Å². The first kappa shape index (κ1) is 6.78. The molecule has 0 aromatic rings. The molecule has 1 unspecified atom stereocenters. The van der Waals surface area contributed by atoms with Crippen LogP contribution in [-0.4, -0.2) is 25.9 Å². The van der Waals surface area contributed by atoms with Gasteiger partial charge in [-0.3, -0.25) is 0 Å². The van der Waals surface area contributed by atoms with Crippen LogP contribution in [0.4, 0.5) is 0 Å². The van der Waals surface area contributed by atoms with E-state index in [0.29, 0.717) is 6.61 Å². The molecule has 0 amide bonds. The van der Waals surface area contributed by atoms with Crippen LogP contribution < -0.4 is 0 Å². The van der Waals surface area contributed by atoms with Crippen LogP contribution in [0, 0.1) is 0 Å². The summed E-state index contributed by atoms with van der Waals surface area (Å²) >= 11 is 0. The van der Waals surface area contributed by atoms with E-state index in [9.17, 15) is 0 Å². The topological polar surface area (TPSA) is 18.5 Å². The Balaban J connectivity index is 2.26. The Morgan fingerprint density at radius 2 is 2.33 bits per heavy atom. The molecule has 0 aliphatic carbocycles. The minimum absolute atomic E-state index is 0.118. The molecule has 1 atom stereocenters. The van der Waals surface area contributed by atoms with Gasteiger partial charge in [0.1, 0.15) is 0 Å². The molecule has 2 nitrogen and oxygen atoms in total. The molecule has 1 rings (SSSR count). The zero-order chi connectivity index (χ0) is 6.53. The second-order valence-corrected chi connectivity index (χ2v) is 2.07. The zero-order valence-corrected chi connectivity index (χ0v) is 5.51. The highest BCUT2D eigenvalue weighted by atomic mass is 16.5. The molecule has 0 spiro atoms. The third kappa shape index (κ3) is 2.16. The highest BCUT2D eigenvalue weighted by molar-refractivity contribution is 4.80. The fraction of sp³-hybridized carbons (Fsp3) is 0.714. The van der Waals surface area contributed by atoms with Crippen LogP contribution in [0.5, 0.6) is 0 Å². The van der Waals surface area contributed by atoms with Crippen molar-refractivity contribution in [3.8, 4) is 0 Å². The second kappa shape index (κ2) is 3.64. The van der Waals surface area contributed by atoms with Crippen LogP contribution in [0.2, 0.25) is 0 Å². The predicted octanol–water partition coefficient (Wildman–Crippen LogP) is 0.978. The molecule has 1 aliphatic rings. The zero-order valence-electron chi connectivity index (χ0n) is 5.51. The summed E-state index contributed by atoms with van der Waals surface area (Å²) in [6, 6.07) is 0. The second-order valence-electron chi connectivity index (χ2n) is 2.07. The predicted molar refractivity (Wildman–Crippen MR) is 35.4 cm³/mol. The molecule has 0 saturated carbocycles. The van der Waals surface area contributed by atoms with Crippen molar-refractivity contribution in [3.63, 3.8) is 0 Å². The standard InChI is InChI=1S/C7H12O2/c1-2-7-6-8-4-3-5-9-7/h2,7H,1,3-6H2. The number of ether oxygens (including phenoxy) is 2. The van der Waals surface area contributed by atoms with Crippen molar-refractivity contribution in [1.29, 1.82) is 0 Å².